The van der Waals surface area contributed by atoms with Gasteiger partial charge in [-0.05, 0) is 37.0 Å². The largest absolute Gasteiger partial charge is 0.354 e. The van der Waals surface area contributed by atoms with Crippen LogP contribution in [-0.2, 0) is 4.79 Å². The van der Waals surface area contributed by atoms with Gasteiger partial charge in [0, 0.05) is 6.54 Å². The summed E-state index contributed by atoms with van der Waals surface area (Å²) >= 11 is 0. The monoisotopic (exact) mass is 226 g/mol. The minimum atomic E-state index is -0.339. The fourth-order valence-corrected chi connectivity index (χ4v) is 2.35. The summed E-state index contributed by atoms with van der Waals surface area (Å²) in [6.07, 6.45) is 5.74. The summed E-state index contributed by atoms with van der Waals surface area (Å²) in [5.74, 6) is 0.498. The number of hydrogen-bond donors (Lipinski definition) is 2. The van der Waals surface area contributed by atoms with Gasteiger partial charge in [-0.2, -0.15) is 0 Å². The molecule has 1 aliphatic carbocycles. The van der Waals surface area contributed by atoms with Crippen molar-refractivity contribution in [2.75, 3.05) is 6.54 Å². The Balaban J connectivity index is 2.28. The quantitative estimate of drug-likeness (QED) is 0.728. The van der Waals surface area contributed by atoms with Crippen molar-refractivity contribution < 1.29 is 4.79 Å². The van der Waals surface area contributed by atoms with Gasteiger partial charge in [-0.1, -0.05) is 27.2 Å². The molecule has 3 heteroatoms. The van der Waals surface area contributed by atoms with Crippen LogP contribution >= 0.6 is 0 Å². The van der Waals surface area contributed by atoms with Crippen LogP contribution in [0.5, 0.6) is 0 Å². The lowest BCUT2D eigenvalue weighted by Gasteiger charge is -2.41. The van der Waals surface area contributed by atoms with Crippen molar-refractivity contribution in [3.63, 3.8) is 0 Å². The van der Waals surface area contributed by atoms with Gasteiger partial charge in [0.1, 0.15) is 0 Å². The van der Waals surface area contributed by atoms with Crippen molar-refractivity contribution in [2.24, 2.45) is 17.1 Å². The number of nitrogens with two attached hydrogens (primary N) is 1. The second kappa shape index (κ2) is 5.67. The maximum absolute atomic E-state index is 11.7. The second-order valence-electron chi connectivity index (χ2n) is 5.66. The number of carbonyl (C=O) groups excluding carboxylic acids is 1. The predicted octanol–water partition coefficient (Wildman–Crippen LogP) is 2.06. The van der Waals surface area contributed by atoms with Gasteiger partial charge in [-0.15, -0.1) is 0 Å². The Morgan fingerprint density at radius 2 is 2.06 bits per heavy atom. The van der Waals surface area contributed by atoms with Crippen molar-refractivity contribution in [3.8, 4) is 0 Å². The summed E-state index contributed by atoms with van der Waals surface area (Å²) in [6, 6.07) is -0.339. The lowest BCUT2D eigenvalue weighted by atomic mass is 9.67. The molecule has 1 saturated carbocycles. The highest BCUT2D eigenvalue weighted by molar-refractivity contribution is 5.81. The minimum Gasteiger partial charge on any atom is -0.354 e. The summed E-state index contributed by atoms with van der Waals surface area (Å²) < 4.78 is 0. The predicted molar refractivity (Wildman–Crippen MR) is 67.0 cm³/mol. The van der Waals surface area contributed by atoms with E-state index in [2.05, 4.69) is 26.1 Å². The third kappa shape index (κ3) is 3.48. The van der Waals surface area contributed by atoms with Crippen molar-refractivity contribution in [3.05, 3.63) is 0 Å². The standard InChI is InChI=1S/C13H26N2O/c1-4-13(6-5-7-13)9-15-12(16)11(14)8-10(2)3/h10-11H,4-9,14H2,1-3H3,(H,15,16)/t11-/m1/s1. The van der Waals surface area contributed by atoms with Gasteiger partial charge in [-0.25, -0.2) is 0 Å². The highest BCUT2D eigenvalue weighted by Gasteiger charge is 2.35. The summed E-state index contributed by atoms with van der Waals surface area (Å²) in [5.41, 5.74) is 6.22. The molecule has 1 atom stereocenters. The molecule has 0 radical (unpaired) electrons. The highest BCUT2D eigenvalue weighted by atomic mass is 16.2. The van der Waals surface area contributed by atoms with Crippen molar-refractivity contribution in [1.29, 1.82) is 0 Å². The Bertz CT molecular complexity index is 229. The SMILES string of the molecule is CCC1(CNC(=O)[C@H](N)CC(C)C)CCC1. The molecular weight excluding hydrogens is 200 g/mol. The number of carbonyl (C=O) groups is 1. The Kier molecular flexibility index (Phi) is 4.78. The zero-order chi connectivity index (χ0) is 12.2. The number of nitrogens with one attached hydrogen (secondary N) is 1. The first kappa shape index (κ1) is 13.5. The van der Waals surface area contributed by atoms with E-state index in [-0.39, 0.29) is 11.9 Å². The van der Waals surface area contributed by atoms with Gasteiger partial charge in [0.2, 0.25) is 5.91 Å². The molecule has 1 amide bonds. The first-order chi connectivity index (χ1) is 7.49. The molecule has 1 aliphatic rings. The smallest absolute Gasteiger partial charge is 0.236 e. The van der Waals surface area contributed by atoms with Crippen LogP contribution < -0.4 is 11.1 Å². The van der Waals surface area contributed by atoms with Crippen LogP contribution in [0.1, 0.15) is 52.9 Å². The Morgan fingerprint density at radius 3 is 2.44 bits per heavy atom. The van der Waals surface area contributed by atoms with Crippen LogP contribution in [0.4, 0.5) is 0 Å². The molecule has 3 nitrogen and oxygen atoms in total. The normalized spacial score (nSPS) is 20.3. The van der Waals surface area contributed by atoms with Gasteiger partial charge in [0.25, 0.3) is 0 Å². The van der Waals surface area contributed by atoms with E-state index in [1.54, 1.807) is 0 Å². The van der Waals surface area contributed by atoms with E-state index >= 15 is 0 Å². The van der Waals surface area contributed by atoms with E-state index in [0.29, 0.717) is 11.3 Å². The molecule has 0 aromatic carbocycles. The van der Waals surface area contributed by atoms with Crippen LogP contribution in [0.2, 0.25) is 0 Å². The van der Waals surface area contributed by atoms with Crippen LogP contribution in [0, 0.1) is 11.3 Å². The zero-order valence-electron chi connectivity index (χ0n) is 10.9. The molecule has 0 unspecified atom stereocenters. The third-order valence-corrected chi connectivity index (χ3v) is 3.86. The van der Waals surface area contributed by atoms with E-state index in [1.165, 1.54) is 19.3 Å². The average molecular weight is 226 g/mol. The summed E-state index contributed by atoms with van der Waals surface area (Å²) in [7, 11) is 0. The molecule has 0 spiro atoms. The Morgan fingerprint density at radius 1 is 1.44 bits per heavy atom. The van der Waals surface area contributed by atoms with E-state index in [4.69, 9.17) is 5.73 Å². The fraction of sp³-hybridized carbons (Fsp3) is 0.923. The fourth-order valence-electron chi connectivity index (χ4n) is 2.35. The Hall–Kier alpha value is -0.570. The zero-order valence-corrected chi connectivity index (χ0v) is 10.9. The molecule has 0 aromatic heterocycles. The first-order valence-corrected chi connectivity index (χ1v) is 6.52. The molecule has 16 heavy (non-hydrogen) atoms. The molecule has 1 rings (SSSR count). The van der Waals surface area contributed by atoms with Crippen LogP contribution in [-0.4, -0.2) is 18.5 Å². The first-order valence-electron chi connectivity index (χ1n) is 6.52. The summed E-state index contributed by atoms with van der Waals surface area (Å²) in [5, 5.41) is 3.02. The van der Waals surface area contributed by atoms with E-state index in [1.807, 2.05) is 0 Å². The van der Waals surface area contributed by atoms with Crippen LogP contribution in [0.3, 0.4) is 0 Å². The topological polar surface area (TPSA) is 55.1 Å². The number of rotatable bonds is 6. The second-order valence-corrected chi connectivity index (χ2v) is 5.66. The van der Waals surface area contributed by atoms with Crippen molar-refractivity contribution in [2.45, 2.75) is 58.9 Å². The molecule has 94 valence electrons. The summed E-state index contributed by atoms with van der Waals surface area (Å²) in [6.45, 7) is 7.20. The lowest BCUT2D eigenvalue weighted by molar-refractivity contribution is -0.123. The van der Waals surface area contributed by atoms with E-state index in [9.17, 15) is 4.79 Å². The average Bonchev–Trinajstić information content (AvgIpc) is 2.15. The molecule has 0 saturated heterocycles. The van der Waals surface area contributed by atoms with Gasteiger partial charge in [0.05, 0.1) is 6.04 Å². The number of hydrogen-bond acceptors (Lipinski definition) is 2. The van der Waals surface area contributed by atoms with Gasteiger partial charge >= 0.3 is 0 Å². The molecule has 1 fully saturated rings. The van der Waals surface area contributed by atoms with Crippen molar-refractivity contribution >= 4 is 5.91 Å². The van der Waals surface area contributed by atoms with Crippen LogP contribution in [0.15, 0.2) is 0 Å². The molecule has 3 N–H and O–H groups in total. The highest BCUT2D eigenvalue weighted by Crippen LogP contribution is 2.42. The minimum absolute atomic E-state index is 0.0217. The van der Waals surface area contributed by atoms with E-state index in [0.717, 1.165) is 19.4 Å². The lowest BCUT2D eigenvalue weighted by Crippen LogP contribution is -2.47. The number of amides is 1. The molecule has 0 heterocycles. The molecule has 0 aliphatic heterocycles. The summed E-state index contributed by atoms with van der Waals surface area (Å²) in [4.78, 5) is 11.7. The molecular formula is C13H26N2O. The molecule has 0 bridgehead atoms. The van der Waals surface area contributed by atoms with Crippen molar-refractivity contribution in [1.82, 2.24) is 5.32 Å². The van der Waals surface area contributed by atoms with Gasteiger partial charge in [0.15, 0.2) is 0 Å². The maximum atomic E-state index is 11.7. The van der Waals surface area contributed by atoms with Gasteiger partial charge < -0.3 is 11.1 Å². The van der Waals surface area contributed by atoms with Crippen LogP contribution in [0.25, 0.3) is 0 Å². The maximum Gasteiger partial charge on any atom is 0.236 e. The Labute approximate surface area is 99.2 Å². The van der Waals surface area contributed by atoms with Gasteiger partial charge in [-0.3, -0.25) is 4.79 Å². The molecule has 0 aromatic rings. The van der Waals surface area contributed by atoms with E-state index < -0.39 is 0 Å². The third-order valence-electron chi connectivity index (χ3n) is 3.86.